The zero-order valence-electron chi connectivity index (χ0n) is 9.43. The van der Waals surface area contributed by atoms with E-state index in [0.717, 1.165) is 19.2 Å². The third-order valence-corrected chi connectivity index (χ3v) is 5.61. The van der Waals surface area contributed by atoms with Crippen molar-refractivity contribution in [3.63, 3.8) is 0 Å². The Bertz CT molecular complexity index is 509. The van der Waals surface area contributed by atoms with Crippen molar-refractivity contribution < 1.29 is 0 Å². The van der Waals surface area contributed by atoms with Crippen molar-refractivity contribution in [2.75, 3.05) is 0 Å². The predicted molar refractivity (Wildman–Crippen MR) is 80.6 cm³/mol. The highest BCUT2D eigenvalue weighted by molar-refractivity contribution is 9.11. The maximum absolute atomic E-state index is 6.49. The lowest BCUT2D eigenvalue weighted by molar-refractivity contribution is 1.16. The Morgan fingerprint density at radius 3 is 2.18 bits per heavy atom. The summed E-state index contributed by atoms with van der Waals surface area (Å²) in [5, 5.41) is 0.586. The van der Waals surface area contributed by atoms with E-state index >= 15 is 0 Å². The van der Waals surface area contributed by atoms with Gasteiger partial charge >= 0.3 is 0 Å². The fourth-order valence-corrected chi connectivity index (χ4v) is 3.88. The van der Waals surface area contributed by atoms with Crippen LogP contribution in [-0.2, 0) is 0 Å². The smallest absolute Gasteiger partial charge is 0.0928 e. The van der Waals surface area contributed by atoms with Crippen molar-refractivity contribution in [1.29, 1.82) is 0 Å². The van der Waals surface area contributed by atoms with Gasteiger partial charge in [0, 0.05) is 4.88 Å². The molecule has 1 aromatic carbocycles. The average Bonchev–Trinajstić information content (AvgIpc) is 2.57. The minimum atomic E-state index is -0.137. The van der Waals surface area contributed by atoms with Crippen LogP contribution in [0.2, 0.25) is 5.02 Å². The molecule has 1 unspecified atom stereocenters. The molecule has 0 amide bonds. The van der Waals surface area contributed by atoms with Gasteiger partial charge in [0.25, 0.3) is 0 Å². The van der Waals surface area contributed by atoms with E-state index in [1.807, 2.05) is 6.07 Å². The molecule has 0 spiro atoms. The van der Waals surface area contributed by atoms with Gasteiger partial charge in [0.1, 0.15) is 0 Å². The topological polar surface area (TPSA) is 0 Å². The van der Waals surface area contributed by atoms with Crippen LogP contribution in [0.25, 0.3) is 0 Å². The maximum atomic E-state index is 6.49. The zero-order valence-corrected chi connectivity index (χ0v) is 13.3. The number of hydrogen-bond acceptors (Lipinski definition) is 1. The molecule has 0 fully saturated rings. The summed E-state index contributed by atoms with van der Waals surface area (Å²) >= 11 is 17.5. The number of alkyl halides is 1. The average molecular weight is 350 g/mol. The fraction of sp³-hybridized carbons (Fsp3) is 0.231. The summed E-state index contributed by atoms with van der Waals surface area (Å²) in [6.07, 6.45) is 0. The lowest BCUT2D eigenvalue weighted by Crippen LogP contribution is -1.92. The summed E-state index contributed by atoms with van der Waals surface area (Å²) < 4.78 is 0.934. The molecule has 0 aliphatic carbocycles. The van der Waals surface area contributed by atoms with Crippen LogP contribution < -0.4 is 0 Å². The second-order valence-electron chi connectivity index (χ2n) is 4.05. The molecule has 0 nitrogen and oxygen atoms in total. The minimum Gasteiger partial charge on any atom is -0.130 e. The lowest BCUT2D eigenvalue weighted by Gasteiger charge is -2.09. The Morgan fingerprint density at radius 2 is 1.71 bits per heavy atom. The second-order valence-corrected chi connectivity index (χ2v) is 7.30. The summed E-state index contributed by atoms with van der Waals surface area (Å²) in [7, 11) is 0. The SMILES string of the molecule is Cc1cc(C)cc(C(Cl)c2cc(Cl)c(Br)s2)c1. The molecule has 2 aromatic rings. The molecule has 1 atom stereocenters. The van der Waals surface area contributed by atoms with Crippen LogP contribution in [0, 0.1) is 13.8 Å². The van der Waals surface area contributed by atoms with Crippen LogP contribution in [0.1, 0.15) is 26.9 Å². The first-order chi connectivity index (χ1) is 7.97. The molecule has 0 N–H and O–H groups in total. The number of thiophene rings is 1. The molecule has 0 aliphatic rings. The third kappa shape index (κ3) is 3.05. The molecule has 0 saturated heterocycles. The zero-order chi connectivity index (χ0) is 12.6. The van der Waals surface area contributed by atoms with Crippen molar-refractivity contribution in [2.45, 2.75) is 19.2 Å². The molecule has 0 saturated carbocycles. The van der Waals surface area contributed by atoms with Gasteiger partial charge in [-0.3, -0.25) is 0 Å². The van der Waals surface area contributed by atoms with Crippen LogP contribution >= 0.6 is 50.5 Å². The maximum Gasteiger partial charge on any atom is 0.0928 e. The molecular weight excluding hydrogens is 339 g/mol. The molecule has 90 valence electrons. The number of benzene rings is 1. The normalized spacial score (nSPS) is 12.8. The van der Waals surface area contributed by atoms with E-state index in [9.17, 15) is 0 Å². The molecule has 4 heteroatoms. The van der Waals surface area contributed by atoms with Gasteiger partial charge in [-0.15, -0.1) is 22.9 Å². The quantitative estimate of drug-likeness (QED) is 0.574. The van der Waals surface area contributed by atoms with E-state index in [-0.39, 0.29) is 5.38 Å². The first kappa shape index (κ1) is 13.4. The molecule has 0 aliphatic heterocycles. The van der Waals surface area contributed by atoms with E-state index in [1.165, 1.54) is 11.1 Å². The Hall–Kier alpha value is -0.0200. The van der Waals surface area contributed by atoms with Crippen molar-refractivity contribution in [3.05, 3.63) is 54.6 Å². The number of hydrogen-bond donors (Lipinski definition) is 0. The Kier molecular flexibility index (Phi) is 4.19. The third-order valence-electron chi connectivity index (χ3n) is 2.45. The Balaban J connectivity index is 2.39. The lowest BCUT2D eigenvalue weighted by atomic mass is 10.0. The highest BCUT2D eigenvalue weighted by Gasteiger charge is 2.16. The highest BCUT2D eigenvalue weighted by Crippen LogP contribution is 2.40. The van der Waals surface area contributed by atoms with Gasteiger partial charge in [0.05, 0.1) is 14.2 Å². The number of halogens is 3. The van der Waals surface area contributed by atoms with Crippen molar-refractivity contribution >= 4 is 50.5 Å². The monoisotopic (exact) mass is 348 g/mol. The van der Waals surface area contributed by atoms with Crippen molar-refractivity contribution in [1.82, 2.24) is 0 Å². The summed E-state index contributed by atoms with van der Waals surface area (Å²) in [6, 6.07) is 8.30. The minimum absolute atomic E-state index is 0.137. The van der Waals surface area contributed by atoms with Gasteiger partial charge in [-0.25, -0.2) is 0 Å². The molecule has 17 heavy (non-hydrogen) atoms. The first-order valence-electron chi connectivity index (χ1n) is 5.14. The first-order valence-corrected chi connectivity index (χ1v) is 7.57. The molecule has 2 rings (SSSR count). The van der Waals surface area contributed by atoms with Crippen molar-refractivity contribution in [3.8, 4) is 0 Å². The Labute approximate surface area is 124 Å². The van der Waals surface area contributed by atoms with E-state index in [1.54, 1.807) is 11.3 Å². The van der Waals surface area contributed by atoms with Gasteiger partial charge in [0.2, 0.25) is 0 Å². The van der Waals surface area contributed by atoms with Gasteiger partial charge in [-0.05, 0) is 41.4 Å². The molecule has 1 heterocycles. The second kappa shape index (κ2) is 5.31. The van der Waals surface area contributed by atoms with Gasteiger partial charge in [-0.1, -0.05) is 40.9 Å². The summed E-state index contributed by atoms with van der Waals surface area (Å²) in [5.41, 5.74) is 3.58. The summed E-state index contributed by atoms with van der Waals surface area (Å²) in [6.45, 7) is 4.16. The molecule has 0 bridgehead atoms. The standard InChI is InChI=1S/C13H11BrCl2S/c1-7-3-8(2)5-9(4-7)12(16)11-6-10(15)13(14)17-11/h3-6,12H,1-2H3. The van der Waals surface area contributed by atoms with Gasteiger partial charge in [0.15, 0.2) is 0 Å². The van der Waals surface area contributed by atoms with Gasteiger partial charge in [-0.2, -0.15) is 0 Å². The van der Waals surface area contributed by atoms with Crippen LogP contribution in [-0.4, -0.2) is 0 Å². The predicted octanol–water partition coefficient (Wildman–Crippen LogP) is 6.11. The fourth-order valence-electron chi connectivity index (χ4n) is 1.81. The highest BCUT2D eigenvalue weighted by atomic mass is 79.9. The largest absolute Gasteiger partial charge is 0.130 e. The number of aryl methyl sites for hydroxylation is 2. The summed E-state index contributed by atoms with van der Waals surface area (Å²) in [4.78, 5) is 1.06. The Morgan fingerprint density at radius 1 is 1.12 bits per heavy atom. The van der Waals surface area contributed by atoms with Crippen LogP contribution in [0.15, 0.2) is 28.1 Å². The molecule has 1 aromatic heterocycles. The van der Waals surface area contributed by atoms with Crippen LogP contribution in [0.3, 0.4) is 0 Å². The van der Waals surface area contributed by atoms with Crippen LogP contribution in [0.4, 0.5) is 0 Å². The van der Waals surface area contributed by atoms with Crippen molar-refractivity contribution in [2.24, 2.45) is 0 Å². The van der Waals surface area contributed by atoms with Gasteiger partial charge < -0.3 is 0 Å². The number of rotatable bonds is 2. The van der Waals surface area contributed by atoms with E-state index < -0.39 is 0 Å². The van der Waals surface area contributed by atoms with Crippen LogP contribution in [0.5, 0.6) is 0 Å². The molecule has 0 radical (unpaired) electrons. The van der Waals surface area contributed by atoms with E-state index in [4.69, 9.17) is 23.2 Å². The molecular formula is C13H11BrCl2S. The van der Waals surface area contributed by atoms with E-state index in [0.29, 0.717) is 0 Å². The van der Waals surface area contributed by atoms with E-state index in [2.05, 4.69) is 48.0 Å². The summed E-state index contributed by atoms with van der Waals surface area (Å²) in [5.74, 6) is 0.